The molecule has 1 aliphatic carbocycles. The lowest BCUT2D eigenvalue weighted by molar-refractivity contribution is 0.0979. The van der Waals surface area contributed by atoms with E-state index in [4.69, 9.17) is 19.2 Å². The molecule has 26 heavy (non-hydrogen) atoms. The maximum absolute atomic E-state index is 12.6. The first-order valence-electron chi connectivity index (χ1n) is 8.02. The van der Waals surface area contributed by atoms with E-state index in [-0.39, 0.29) is 11.6 Å². The van der Waals surface area contributed by atoms with Crippen LogP contribution in [0, 0.1) is 0 Å². The third kappa shape index (κ3) is 5.17. The predicted molar refractivity (Wildman–Crippen MR) is 96.0 cm³/mol. The molecular formula is C18H20NO6P. The van der Waals surface area contributed by atoms with Crippen molar-refractivity contribution in [2.45, 2.75) is 19.9 Å². The van der Waals surface area contributed by atoms with Crippen molar-refractivity contribution in [3.05, 3.63) is 70.3 Å². The van der Waals surface area contributed by atoms with Crippen molar-refractivity contribution in [2.24, 2.45) is 0 Å². The summed E-state index contributed by atoms with van der Waals surface area (Å²) in [5.74, 6) is -0.120. The maximum atomic E-state index is 12.6. The van der Waals surface area contributed by atoms with Crippen molar-refractivity contribution in [1.29, 1.82) is 0 Å². The molecular weight excluding hydrogens is 357 g/mol. The molecule has 0 heterocycles. The van der Waals surface area contributed by atoms with Crippen molar-refractivity contribution < 1.29 is 28.8 Å². The normalized spacial score (nSPS) is 12.8. The highest BCUT2D eigenvalue weighted by atomic mass is 31.2. The van der Waals surface area contributed by atoms with Gasteiger partial charge in [0, 0.05) is 28.8 Å². The van der Waals surface area contributed by atoms with E-state index in [1.165, 1.54) is 0 Å². The molecule has 138 valence electrons. The fraction of sp³-hybridized carbons (Fsp3) is 0.222. The average Bonchev–Trinajstić information content (AvgIpc) is 2.58. The van der Waals surface area contributed by atoms with Crippen LogP contribution < -0.4 is 5.32 Å². The maximum Gasteiger partial charge on any atom is 0.466 e. The molecule has 2 aromatic carbocycles. The number of benzene rings is 2. The zero-order chi connectivity index (χ0) is 19.3. The highest BCUT2D eigenvalue weighted by molar-refractivity contribution is 7.45. The van der Waals surface area contributed by atoms with E-state index in [1.807, 2.05) is 12.1 Å². The Kier molecular flexibility index (Phi) is 6.58. The summed E-state index contributed by atoms with van der Waals surface area (Å²) in [6, 6.07) is 12.6. The summed E-state index contributed by atoms with van der Waals surface area (Å²) in [7, 11) is -4.64. The van der Waals surface area contributed by atoms with Crippen LogP contribution in [0.2, 0.25) is 0 Å². The lowest BCUT2D eigenvalue weighted by Crippen LogP contribution is -2.21. The molecule has 0 unspecified atom stereocenters. The molecule has 7 nitrogen and oxygen atoms in total. The minimum absolute atomic E-state index is 0.0578. The lowest BCUT2D eigenvalue weighted by atomic mass is 9.83. The Hall–Kier alpha value is -2.15. The van der Waals surface area contributed by atoms with E-state index in [2.05, 4.69) is 12.2 Å². The van der Waals surface area contributed by atoms with Gasteiger partial charge in [0.15, 0.2) is 11.6 Å². The second kappa shape index (κ2) is 8.49. The fourth-order valence-corrected chi connectivity index (χ4v) is 2.67. The summed E-state index contributed by atoms with van der Waals surface area (Å²) in [6.45, 7) is 3.76. The van der Waals surface area contributed by atoms with Gasteiger partial charge in [-0.15, -0.1) is 0 Å². The first kappa shape index (κ1) is 20.2. The minimum Gasteiger partial charge on any atom is -0.313 e. The smallest absolute Gasteiger partial charge is 0.313 e. The Morgan fingerprint density at radius 2 is 1.38 bits per heavy atom. The number of ketones is 2. The van der Waals surface area contributed by atoms with Crippen molar-refractivity contribution in [1.82, 2.24) is 5.32 Å². The molecule has 0 aromatic heterocycles. The van der Waals surface area contributed by atoms with Gasteiger partial charge in [-0.2, -0.15) is 0 Å². The molecule has 0 bridgehead atoms. The summed E-state index contributed by atoms with van der Waals surface area (Å²) in [6.07, 6.45) is 1.07. The largest absolute Gasteiger partial charge is 0.466 e. The lowest BCUT2D eigenvalue weighted by Gasteiger charge is -2.18. The van der Waals surface area contributed by atoms with Crippen LogP contribution in [-0.4, -0.2) is 32.8 Å². The molecule has 4 N–H and O–H groups in total. The Bertz CT molecular complexity index is 865. The Morgan fingerprint density at radius 3 is 1.92 bits per heavy atom. The topological polar surface area (TPSA) is 124 Å². The highest BCUT2D eigenvalue weighted by Crippen LogP contribution is 2.28. The fourth-order valence-electron chi connectivity index (χ4n) is 2.67. The summed E-state index contributed by atoms with van der Waals surface area (Å²) < 4.78 is 8.88. The van der Waals surface area contributed by atoms with Crippen LogP contribution in [-0.2, 0) is 11.1 Å². The van der Waals surface area contributed by atoms with Crippen LogP contribution in [0.4, 0.5) is 0 Å². The Labute approximate surface area is 150 Å². The van der Waals surface area contributed by atoms with Crippen molar-refractivity contribution in [3.63, 3.8) is 0 Å². The van der Waals surface area contributed by atoms with Crippen LogP contribution in [0.1, 0.15) is 50.8 Å². The van der Waals surface area contributed by atoms with Crippen molar-refractivity contribution in [3.8, 4) is 0 Å². The monoisotopic (exact) mass is 377 g/mol. The van der Waals surface area contributed by atoms with Gasteiger partial charge in [-0.05, 0) is 30.7 Å². The van der Waals surface area contributed by atoms with Gasteiger partial charge in [-0.25, -0.2) is 4.57 Å². The van der Waals surface area contributed by atoms with Crippen LogP contribution in [0.25, 0.3) is 0 Å². The van der Waals surface area contributed by atoms with E-state index in [0.29, 0.717) is 28.8 Å². The molecule has 0 saturated carbocycles. The number of fused-ring (bicyclic) bond motifs is 2. The third-order valence-electron chi connectivity index (χ3n) is 3.75. The number of carbonyl (C=O) groups excluding carboxylic acids is 2. The Balaban J connectivity index is 0.000000431. The van der Waals surface area contributed by atoms with E-state index >= 15 is 0 Å². The number of rotatable bonds is 4. The Morgan fingerprint density at radius 1 is 0.885 bits per heavy atom. The molecule has 0 atom stereocenters. The number of hydrogen-bond donors (Lipinski definition) is 4. The van der Waals surface area contributed by atoms with Crippen molar-refractivity contribution in [2.75, 3.05) is 6.54 Å². The van der Waals surface area contributed by atoms with Gasteiger partial charge in [0.2, 0.25) is 0 Å². The first-order valence-corrected chi connectivity index (χ1v) is 9.59. The molecule has 2 aromatic rings. The molecule has 8 heteroatoms. The van der Waals surface area contributed by atoms with Crippen LogP contribution in [0.3, 0.4) is 0 Å². The third-order valence-corrected chi connectivity index (χ3v) is 3.75. The molecule has 0 fully saturated rings. The first-order chi connectivity index (χ1) is 12.2. The van der Waals surface area contributed by atoms with Gasteiger partial charge in [-0.3, -0.25) is 9.59 Å². The van der Waals surface area contributed by atoms with Crippen LogP contribution in [0.15, 0.2) is 42.5 Å². The second-order valence-corrected chi connectivity index (χ2v) is 6.80. The molecule has 3 rings (SSSR count). The molecule has 0 saturated heterocycles. The summed E-state index contributed by atoms with van der Waals surface area (Å²) >= 11 is 0. The average molecular weight is 377 g/mol. The van der Waals surface area contributed by atoms with Crippen LogP contribution in [0.5, 0.6) is 0 Å². The summed E-state index contributed by atoms with van der Waals surface area (Å²) in [5.41, 5.74) is 3.08. The second-order valence-electron chi connectivity index (χ2n) is 5.77. The summed E-state index contributed by atoms with van der Waals surface area (Å²) in [5, 5.41) is 3.31. The van der Waals surface area contributed by atoms with Crippen LogP contribution >= 0.6 is 7.82 Å². The van der Waals surface area contributed by atoms with Gasteiger partial charge in [0.25, 0.3) is 0 Å². The number of carbonyl (C=O) groups is 2. The molecule has 0 amide bonds. The van der Waals surface area contributed by atoms with Gasteiger partial charge in [-0.1, -0.05) is 37.3 Å². The number of phosphoric acid groups is 1. The minimum atomic E-state index is -4.64. The standard InChI is InChI=1S/C18H17NO2.H3O4P/c1-2-9-19-11-12-7-8-15-16(10-12)18(21)14-6-4-3-5-13(14)17(15)20;1-5(2,3)4/h3-8,10,19H,2,9,11H2,1H3;(H3,1,2,3,4). The number of hydrogen-bond acceptors (Lipinski definition) is 4. The molecule has 0 spiro atoms. The van der Waals surface area contributed by atoms with Gasteiger partial charge in [0.05, 0.1) is 0 Å². The zero-order valence-electron chi connectivity index (χ0n) is 14.2. The van der Waals surface area contributed by atoms with Gasteiger partial charge < -0.3 is 20.0 Å². The highest BCUT2D eigenvalue weighted by Gasteiger charge is 2.29. The van der Waals surface area contributed by atoms with Crippen molar-refractivity contribution >= 4 is 19.4 Å². The van der Waals surface area contributed by atoms with Gasteiger partial charge in [0.1, 0.15) is 0 Å². The molecule has 1 aliphatic rings. The van der Waals surface area contributed by atoms with E-state index in [0.717, 1.165) is 18.5 Å². The van der Waals surface area contributed by atoms with E-state index < -0.39 is 7.82 Å². The van der Waals surface area contributed by atoms with E-state index in [9.17, 15) is 9.59 Å². The molecule has 0 aliphatic heterocycles. The summed E-state index contributed by atoms with van der Waals surface area (Å²) in [4.78, 5) is 46.6. The quantitative estimate of drug-likeness (QED) is 0.405. The molecule has 0 radical (unpaired) electrons. The predicted octanol–water partition coefficient (Wildman–Crippen LogP) is 2.03. The zero-order valence-corrected chi connectivity index (χ0v) is 15.1. The van der Waals surface area contributed by atoms with Gasteiger partial charge >= 0.3 is 7.82 Å². The SMILES string of the molecule is CCCNCc1ccc2c(c1)C(=O)c1ccccc1C2=O.O=P(O)(O)O. The number of nitrogens with one attached hydrogen (secondary N) is 1. The van der Waals surface area contributed by atoms with E-state index in [1.54, 1.807) is 30.3 Å².